The van der Waals surface area contributed by atoms with Crippen molar-refractivity contribution in [2.75, 3.05) is 13.7 Å². The summed E-state index contributed by atoms with van der Waals surface area (Å²) in [5.74, 6) is 1.43. The van der Waals surface area contributed by atoms with Crippen LogP contribution in [0.3, 0.4) is 0 Å². The molecule has 0 fully saturated rings. The van der Waals surface area contributed by atoms with Crippen molar-refractivity contribution in [2.45, 2.75) is 63.4 Å². The third-order valence-corrected chi connectivity index (χ3v) is 5.61. The summed E-state index contributed by atoms with van der Waals surface area (Å²) < 4.78 is 17.4. The molecular weight excluding hydrogens is 346 g/mol. The summed E-state index contributed by atoms with van der Waals surface area (Å²) in [4.78, 5) is 14.5. The van der Waals surface area contributed by atoms with Crippen molar-refractivity contribution in [2.24, 2.45) is 0 Å². The number of benzene rings is 1. The molecule has 27 heavy (non-hydrogen) atoms. The highest BCUT2D eigenvalue weighted by Gasteiger charge is 2.53. The Balaban J connectivity index is 1.77. The molecule has 3 aliphatic rings. The maximum atomic E-state index is 12.7. The normalized spacial score (nSPS) is 28.7. The van der Waals surface area contributed by atoms with Crippen LogP contribution in [0.25, 0.3) is 0 Å². The third kappa shape index (κ3) is 2.96. The fourth-order valence-electron chi connectivity index (χ4n) is 4.42. The molecule has 1 amide bonds. The Kier molecular flexibility index (Phi) is 4.14. The summed E-state index contributed by atoms with van der Waals surface area (Å²) >= 11 is 0. The number of rotatable bonds is 1. The maximum Gasteiger partial charge on any atom is 0.410 e. The van der Waals surface area contributed by atoms with Crippen molar-refractivity contribution < 1.29 is 24.1 Å². The van der Waals surface area contributed by atoms with Crippen LogP contribution in [0.4, 0.5) is 4.79 Å². The lowest BCUT2D eigenvalue weighted by molar-refractivity contribution is 0.0212. The van der Waals surface area contributed by atoms with Gasteiger partial charge in [-0.05, 0) is 38.8 Å². The highest BCUT2D eigenvalue weighted by atomic mass is 16.6. The number of carbonyl (C=O) groups is 1. The molecule has 0 unspecified atom stereocenters. The minimum absolute atomic E-state index is 0.166. The Morgan fingerprint density at radius 2 is 2.15 bits per heavy atom. The van der Waals surface area contributed by atoms with E-state index in [4.69, 9.17) is 14.2 Å². The number of aliphatic hydroxyl groups is 1. The van der Waals surface area contributed by atoms with Crippen LogP contribution in [0, 0.1) is 0 Å². The van der Waals surface area contributed by atoms with Crippen molar-refractivity contribution in [3.05, 3.63) is 35.4 Å². The molecule has 4 rings (SSSR count). The van der Waals surface area contributed by atoms with E-state index < -0.39 is 11.7 Å². The number of nitrogens with zero attached hydrogens (tertiary/aromatic N) is 1. The van der Waals surface area contributed by atoms with E-state index in [2.05, 4.69) is 6.08 Å². The zero-order valence-electron chi connectivity index (χ0n) is 16.3. The van der Waals surface area contributed by atoms with Crippen LogP contribution >= 0.6 is 0 Å². The van der Waals surface area contributed by atoms with E-state index in [1.165, 1.54) is 0 Å². The number of hydrogen-bond acceptors (Lipinski definition) is 5. The molecule has 3 atom stereocenters. The van der Waals surface area contributed by atoms with Gasteiger partial charge >= 0.3 is 6.09 Å². The van der Waals surface area contributed by atoms with Gasteiger partial charge in [0, 0.05) is 25.1 Å². The molecule has 0 saturated heterocycles. The van der Waals surface area contributed by atoms with Crippen LogP contribution in [-0.2, 0) is 16.7 Å². The van der Waals surface area contributed by atoms with Crippen LogP contribution in [0.15, 0.2) is 24.3 Å². The lowest BCUT2D eigenvalue weighted by Gasteiger charge is -2.35. The van der Waals surface area contributed by atoms with Crippen molar-refractivity contribution in [3.63, 3.8) is 0 Å². The van der Waals surface area contributed by atoms with Crippen LogP contribution in [0.1, 0.15) is 44.7 Å². The second kappa shape index (κ2) is 6.16. The number of ether oxygens (including phenoxy) is 3. The molecule has 6 nitrogen and oxygen atoms in total. The first-order valence-electron chi connectivity index (χ1n) is 9.46. The molecule has 1 spiro atoms. The number of methoxy groups -OCH3 is 1. The molecule has 0 aromatic heterocycles. The first-order valence-corrected chi connectivity index (χ1v) is 9.46. The van der Waals surface area contributed by atoms with Gasteiger partial charge in [0.15, 0.2) is 11.5 Å². The summed E-state index contributed by atoms with van der Waals surface area (Å²) in [6, 6.07) is 3.89. The lowest BCUT2D eigenvalue weighted by atomic mass is 9.69. The van der Waals surface area contributed by atoms with Gasteiger partial charge in [0.05, 0.1) is 18.6 Å². The van der Waals surface area contributed by atoms with Gasteiger partial charge in [0.25, 0.3) is 0 Å². The Morgan fingerprint density at radius 3 is 2.85 bits per heavy atom. The Hall–Kier alpha value is -2.21. The van der Waals surface area contributed by atoms with Crippen molar-refractivity contribution in [1.29, 1.82) is 0 Å². The second-order valence-electron chi connectivity index (χ2n) is 8.59. The molecule has 1 aromatic rings. The van der Waals surface area contributed by atoms with E-state index in [1.807, 2.05) is 39.0 Å². The zero-order chi connectivity index (χ0) is 19.4. The molecule has 2 aliphatic heterocycles. The molecule has 0 saturated carbocycles. The summed E-state index contributed by atoms with van der Waals surface area (Å²) in [5.41, 5.74) is 1.24. The molecule has 2 heterocycles. The smallest absolute Gasteiger partial charge is 0.410 e. The minimum Gasteiger partial charge on any atom is -0.493 e. The second-order valence-corrected chi connectivity index (χ2v) is 8.59. The average Bonchev–Trinajstić information content (AvgIpc) is 2.81. The monoisotopic (exact) mass is 373 g/mol. The highest BCUT2D eigenvalue weighted by Crippen LogP contribution is 2.55. The van der Waals surface area contributed by atoms with Crippen LogP contribution < -0.4 is 9.47 Å². The fraction of sp³-hybridized carbons (Fsp3) is 0.571. The van der Waals surface area contributed by atoms with Gasteiger partial charge in [0.2, 0.25) is 0 Å². The molecule has 1 aliphatic carbocycles. The first-order chi connectivity index (χ1) is 12.7. The van der Waals surface area contributed by atoms with Crippen molar-refractivity contribution in [3.8, 4) is 11.5 Å². The van der Waals surface area contributed by atoms with E-state index >= 15 is 0 Å². The van der Waals surface area contributed by atoms with E-state index in [0.29, 0.717) is 31.7 Å². The number of aliphatic hydroxyl groups excluding tert-OH is 1. The Morgan fingerprint density at radius 1 is 1.37 bits per heavy atom. The number of carbonyl (C=O) groups excluding carboxylic acids is 1. The molecule has 1 N–H and O–H groups in total. The molecule has 146 valence electrons. The average molecular weight is 373 g/mol. The van der Waals surface area contributed by atoms with E-state index in [1.54, 1.807) is 12.0 Å². The van der Waals surface area contributed by atoms with Gasteiger partial charge in [-0.3, -0.25) is 0 Å². The highest BCUT2D eigenvalue weighted by molar-refractivity contribution is 5.69. The predicted octanol–water partition coefficient (Wildman–Crippen LogP) is 3.16. The summed E-state index contributed by atoms with van der Waals surface area (Å²) in [7, 11) is 1.63. The molecular formula is C21H27NO5. The quantitative estimate of drug-likeness (QED) is 0.766. The van der Waals surface area contributed by atoms with E-state index in [-0.39, 0.29) is 17.6 Å². The summed E-state index contributed by atoms with van der Waals surface area (Å²) in [5, 5.41) is 10.1. The van der Waals surface area contributed by atoms with Crippen LogP contribution in [-0.4, -0.2) is 47.6 Å². The van der Waals surface area contributed by atoms with E-state index in [0.717, 1.165) is 16.9 Å². The maximum absolute atomic E-state index is 12.7. The fourth-order valence-corrected chi connectivity index (χ4v) is 4.42. The van der Waals surface area contributed by atoms with Crippen LogP contribution in [0.2, 0.25) is 0 Å². The zero-order valence-corrected chi connectivity index (χ0v) is 16.3. The molecule has 1 aromatic carbocycles. The minimum atomic E-state index is -0.535. The van der Waals surface area contributed by atoms with Gasteiger partial charge in [-0.15, -0.1) is 0 Å². The van der Waals surface area contributed by atoms with Crippen molar-refractivity contribution in [1.82, 2.24) is 4.90 Å². The van der Waals surface area contributed by atoms with Gasteiger partial charge in [-0.25, -0.2) is 4.79 Å². The van der Waals surface area contributed by atoms with Gasteiger partial charge in [-0.1, -0.05) is 18.2 Å². The van der Waals surface area contributed by atoms with Gasteiger partial charge in [0.1, 0.15) is 11.7 Å². The number of amides is 1. The van der Waals surface area contributed by atoms with E-state index in [9.17, 15) is 9.90 Å². The molecule has 6 heteroatoms. The summed E-state index contributed by atoms with van der Waals surface area (Å²) in [6.07, 6.45) is 4.17. The number of hydrogen-bond donors (Lipinski definition) is 1. The first kappa shape index (κ1) is 18.2. The molecule has 0 bridgehead atoms. The van der Waals surface area contributed by atoms with Gasteiger partial charge < -0.3 is 24.2 Å². The standard InChI is InChI=1S/C21H27NO5/c1-20(2,3)27-19(24)22-10-9-21-8-7-14(23)11-16(21)26-18-15(25-4)6-5-13(12-22)17(18)21/h5-8,14,16,23H,9-12H2,1-4H3/t14-,16-,21+/m0/s1. The molecule has 0 radical (unpaired) electrons. The van der Waals surface area contributed by atoms with Crippen LogP contribution in [0.5, 0.6) is 11.5 Å². The van der Waals surface area contributed by atoms with Crippen molar-refractivity contribution >= 4 is 6.09 Å². The summed E-state index contributed by atoms with van der Waals surface area (Å²) in [6.45, 7) is 6.65. The Bertz CT molecular complexity index is 796. The van der Waals surface area contributed by atoms with Gasteiger partial charge in [-0.2, -0.15) is 0 Å². The predicted molar refractivity (Wildman–Crippen MR) is 100 cm³/mol. The third-order valence-electron chi connectivity index (χ3n) is 5.61. The lowest BCUT2D eigenvalue weighted by Crippen LogP contribution is -2.43. The largest absolute Gasteiger partial charge is 0.493 e. The topological polar surface area (TPSA) is 68.2 Å². The SMILES string of the molecule is COc1ccc2c3c1O[C@H]1C[C@@H](O)C=C[C@]31CCN(C(=O)OC(C)(C)C)C2. The Labute approximate surface area is 159 Å².